The Morgan fingerprint density at radius 1 is 1.16 bits per heavy atom. The fraction of sp³-hybridized carbons (Fsp3) is 0.200. The Hall–Kier alpha value is -2.20. The van der Waals surface area contributed by atoms with Crippen LogP contribution in [0.1, 0.15) is 24.4 Å². The predicted octanol–water partition coefficient (Wildman–Crippen LogP) is 2.53. The van der Waals surface area contributed by atoms with Gasteiger partial charge in [-0.15, -0.1) is 0 Å². The standard InChI is InChI=1S/C15H15N3O/c1-2-18-10-9-17-15(18)14(19)12-7-8-16-13-6-4-3-5-11(12)13/h3-10,14,19H,2H2,1H3. The van der Waals surface area contributed by atoms with Crippen molar-refractivity contribution in [2.45, 2.75) is 19.6 Å². The zero-order valence-corrected chi connectivity index (χ0v) is 10.7. The molecule has 0 saturated carbocycles. The minimum absolute atomic E-state index is 0.666. The molecule has 1 unspecified atom stereocenters. The minimum Gasteiger partial charge on any atom is -0.380 e. The van der Waals surface area contributed by atoms with Gasteiger partial charge in [0.25, 0.3) is 0 Å². The number of aromatic nitrogens is 3. The monoisotopic (exact) mass is 253 g/mol. The first-order chi connectivity index (χ1) is 9.31. The predicted molar refractivity (Wildman–Crippen MR) is 73.7 cm³/mol. The van der Waals surface area contributed by atoms with Gasteiger partial charge in [0.15, 0.2) is 0 Å². The van der Waals surface area contributed by atoms with E-state index < -0.39 is 6.10 Å². The van der Waals surface area contributed by atoms with E-state index in [9.17, 15) is 5.11 Å². The maximum absolute atomic E-state index is 10.6. The highest BCUT2D eigenvalue weighted by atomic mass is 16.3. The Kier molecular flexibility index (Phi) is 3.01. The number of para-hydroxylation sites is 1. The van der Waals surface area contributed by atoms with Crippen LogP contribution in [-0.4, -0.2) is 19.6 Å². The molecule has 0 amide bonds. The molecule has 19 heavy (non-hydrogen) atoms. The Balaban J connectivity index is 2.14. The molecule has 1 aromatic carbocycles. The number of rotatable bonds is 3. The van der Waals surface area contributed by atoms with Crippen molar-refractivity contribution in [2.24, 2.45) is 0 Å². The molecule has 3 aromatic rings. The highest BCUT2D eigenvalue weighted by Gasteiger charge is 2.18. The molecule has 1 N–H and O–H groups in total. The minimum atomic E-state index is -0.733. The molecule has 0 aliphatic carbocycles. The van der Waals surface area contributed by atoms with Crippen molar-refractivity contribution in [3.8, 4) is 0 Å². The fourth-order valence-corrected chi connectivity index (χ4v) is 2.33. The number of benzene rings is 1. The lowest BCUT2D eigenvalue weighted by atomic mass is 10.0. The van der Waals surface area contributed by atoms with Gasteiger partial charge in [0.2, 0.25) is 0 Å². The summed E-state index contributed by atoms with van der Waals surface area (Å²) in [6.45, 7) is 2.82. The molecule has 0 fully saturated rings. The zero-order valence-electron chi connectivity index (χ0n) is 10.7. The van der Waals surface area contributed by atoms with Crippen LogP contribution in [0.4, 0.5) is 0 Å². The van der Waals surface area contributed by atoms with Crippen molar-refractivity contribution in [3.63, 3.8) is 0 Å². The lowest BCUT2D eigenvalue weighted by molar-refractivity contribution is 0.206. The molecule has 0 aliphatic heterocycles. The third-order valence-corrected chi connectivity index (χ3v) is 3.31. The molecule has 0 spiro atoms. The number of fused-ring (bicyclic) bond motifs is 1. The van der Waals surface area contributed by atoms with E-state index in [0.717, 1.165) is 23.0 Å². The summed E-state index contributed by atoms with van der Waals surface area (Å²) in [5.74, 6) is 0.666. The topological polar surface area (TPSA) is 50.9 Å². The Bertz CT molecular complexity index is 700. The smallest absolute Gasteiger partial charge is 0.142 e. The molecule has 2 aromatic heterocycles. The lowest BCUT2D eigenvalue weighted by Crippen LogP contribution is -2.09. The van der Waals surface area contributed by atoms with Gasteiger partial charge in [-0.25, -0.2) is 4.98 Å². The maximum atomic E-state index is 10.6. The highest BCUT2D eigenvalue weighted by Crippen LogP contribution is 2.26. The summed E-state index contributed by atoms with van der Waals surface area (Å²) in [4.78, 5) is 8.57. The van der Waals surface area contributed by atoms with E-state index >= 15 is 0 Å². The van der Waals surface area contributed by atoms with Crippen molar-refractivity contribution < 1.29 is 5.11 Å². The number of hydrogen-bond acceptors (Lipinski definition) is 3. The van der Waals surface area contributed by atoms with Crippen LogP contribution in [0.25, 0.3) is 10.9 Å². The molecule has 4 heteroatoms. The summed E-state index contributed by atoms with van der Waals surface area (Å²) >= 11 is 0. The number of aliphatic hydroxyl groups excluding tert-OH is 1. The maximum Gasteiger partial charge on any atom is 0.142 e. The summed E-state index contributed by atoms with van der Waals surface area (Å²) in [5.41, 5.74) is 1.72. The molecule has 0 bridgehead atoms. The second-order valence-corrected chi connectivity index (χ2v) is 4.39. The van der Waals surface area contributed by atoms with E-state index in [-0.39, 0.29) is 0 Å². The van der Waals surface area contributed by atoms with Crippen LogP contribution in [0, 0.1) is 0 Å². The first kappa shape index (κ1) is 11.9. The average molecular weight is 253 g/mol. The van der Waals surface area contributed by atoms with Gasteiger partial charge >= 0.3 is 0 Å². The summed E-state index contributed by atoms with van der Waals surface area (Å²) in [6.07, 6.45) is 4.58. The first-order valence-corrected chi connectivity index (χ1v) is 6.34. The van der Waals surface area contributed by atoms with Crippen LogP contribution in [0.2, 0.25) is 0 Å². The van der Waals surface area contributed by atoms with Crippen LogP contribution in [-0.2, 0) is 6.54 Å². The van der Waals surface area contributed by atoms with Crippen molar-refractivity contribution >= 4 is 10.9 Å². The number of pyridine rings is 1. The highest BCUT2D eigenvalue weighted by molar-refractivity contribution is 5.82. The van der Waals surface area contributed by atoms with E-state index in [1.165, 1.54) is 0 Å². The van der Waals surface area contributed by atoms with Crippen LogP contribution >= 0.6 is 0 Å². The number of hydrogen-bond donors (Lipinski definition) is 1. The summed E-state index contributed by atoms with van der Waals surface area (Å²) < 4.78 is 1.94. The number of aryl methyl sites for hydroxylation is 1. The van der Waals surface area contributed by atoms with Crippen molar-refractivity contribution in [1.29, 1.82) is 0 Å². The van der Waals surface area contributed by atoms with Crippen molar-refractivity contribution in [2.75, 3.05) is 0 Å². The molecule has 3 rings (SSSR count). The molecule has 2 heterocycles. The number of imidazole rings is 1. The summed E-state index contributed by atoms with van der Waals surface area (Å²) in [7, 11) is 0. The Morgan fingerprint density at radius 3 is 2.84 bits per heavy atom. The Morgan fingerprint density at radius 2 is 2.00 bits per heavy atom. The van der Waals surface area contributed by atoms with Crippen LogP contribution in [0.3, 0.4) is 0 Å². The fourth-order valence-electron chi connectivity index (χ4n) is 2.33. The quantitative estimate of drug-likeness (QED) is 0.780. The van der Waals surface area contributed by atoms with E-state index in [1.54, 1.807) is 12.4 Å². The lowest BCUT2D eigenvalue weighted by Gasteiger charge is -2.14. The van der Waals surface area contributed by atoms with Crippen LogP contribution in [0.15, 0.2) is 48.9 Å². The zero-order chi connectivity index (χ0) is 13.2. The Labute approximate surface area is 111 Å². The molecule has 1 atom stereocenters. The van der Waals surface area contributed by atoms with E-state index in [4.69, 9.17) is 0 Å². The third-order valence-electron chi connectivity index (χ3n) is 3.31. The van der Waals surface area contributed by atoms with Gasteiger partial charge in [0.05, 0.1) is 5.52 Å². The molecule has 0 saturated heterocycles. The first-order valence-electron chi connectivity index (χ1n) is 6.34. The van der Waals surface area contributed by atoms with Crippen LogP contribution in [0.5, 0.6) is 0 Å². The molecular formula is C15H15N3O. The van der Waals surface area contributed by atoms with Gasteiger partial charge in [0.1, 0.15) is 11.9 Å². The normalized spacial score (nSPS) is 12.7. The molecule has 0 aliphatic rings. The second-order valence-electron chi connectivity index (χ2n) is 4.39. The van der Waals surface area contributed by atoms with E-state index in [0.29, 0.717) is 5.82 Å². The second kappa shape index (κ2) is 4.82. The summed E-state index contributed by atoms with van der Waals surface area (Å²) in [5, 5.41) is 11.5. The van der Waals surface area contributed by atoms with Gasteiger partial charge < -0.3 is 9.67 Å². The van der Waals surface area contributed by atoms with Crippen molar-refractivity contribution in [3.05, 3.63) is 60.3 Å². The third kappa shape index (κ3) is 2.00. The number of nitrogens with zero attached hydrogens (tertiary/aromatic N) is 3. The van der Waals surface area contributed by atoms with Gasteiger partial charge in [0, 0.05) is 30.5 Å². The van der Waals surface area contributed by atoms with Crippen molar-refractivity contribution in [1.82, 2.24) is 14.5 Å². The molecular weight excluding hydrogens is 238 g/mol. The number of aliphatic hydroxyl groups is 1. The van der Waals surface area contributed by atoms with Gasteiger partial charge in [-0.2, -0.15) is 0 Å². The van der Waals surface area contributed by atoms with E-state index in [1.807, 2.05) is 48.0 Å². The summed E-state index contributed by atoms with van der Waals surface area (Å²) in [6, 6.07) is 9.66. The average Bonchev–Trinajstić information content (AvgIpc) is 2.94. The van der Waals surface area contributed by atoms with Gasteiger partial charge in [-0.05, 0) is 24.6 Å². The van der Waals surface area contributed by atoms with E-state index in [2.05, 4.69) is 9.97 Å². The molecule has 96 valence electrons. The molecule has 4 nitrogen and oxygen atoms in total. The van der Waals surface area contributed by atoms with Gasteiger partial charge in [-0.3, -0.25) is 4.98 Å². The van der Waals surface area contributed by atoms with Gasteiger partial charge in [-0.1, -0.05) is 18.2 Å². The van der Waals surface area contributed by atoms with Crippen LogP contribution < -0.4 is 0 Å². The largest absolute Gasteiger partial charge is 0.380 e. The SMILES string of the molecule is CCn1ccnc1C(O)c1ccnc2ccccc12. The molecule has 0 radical (unpaired) electrons.